The highest BCUT2D eigenvalue weighted by Crippen LogP contribution is 2.27. The summed E-state index contributed by atoms with van der Waals surface area (Å²) in [6.45, 7) is 5.85. The van der Waals surface area contributed by atoms with Crippen molar-refractivity contribution in [3.63, 3.8) is 0 Å². The summed E-state index contributed by atoms with van der Waals surface area (Å²) in [7, 11) is -3.48. The van der Waals surface area contributed by atoms with Crippen molar-refractivity contribution in [1.29, 1.82) is 0 Å². The van der Waals surface area contributed by atoms with Crippen LogP contribution in [0.4, 0.5) is 11.4 Å². The highest BCUT2D eigenvalue weighted by atomic mass is 32.2. The number of amides is 1. The van der Waals surface area contributed by atoms with Crippen molar-refractivity contribution < 1.29 is 18.3 Å². The van der Waals surface area contributed by atoms with Crippen LogP contribution in [0.5, 0.6) is 5.75 Å². The Balaban J connectivity index is 1.32. The van der Waals surface area contributed by atoms with E-state index >= 15 is 0 Å². The first-order valence-electron chi connectivity index (χ1n) is 11.5. The van der Waals surface area contributed by atoms with Gasteiger partial charge in [0.05, 0.1) is 16.6 Å². The van der Waals surface area contributed by atoms with Crippen molar-refractivity contribution in [2.75, 3.05) is 49.5 Å². The molecule has 1 unspecified atom stereocenters. The number of rotatable bonds is 6. The van der Waals surface area contributed by atoms with E-state index in [0.717, 1.165) is 38.0 Å². The number of carbonyl (C=O) groups excluding carboxylic acids is 1. The Bertz CT molecular complexity index is 1060. The maximum atomic E-state index is 12.8. The average molecular weight is 473 g/mol. The zero-order chi connectivity index (χ0) is 23.4. The number of carbonyl (C=O) groups is 1. The molecule has 178 valence electrons. The van der Waals surface area contributed by atoms with Gasteiger partial charge in [-0.2, -0.15) is 4.31 Å². The summed E-state index contributed by atoms with van der Waals surface area (Å²) in [5, 5.41) is 13.0. The molecule has 2 heterocycles. The fourth-order valence-corrected chi connectivity index (χ4v) is 5.98. The van der Waals surface area contributed by atoms with E-state index in [0.29, 0.717) is 31.9 Å². The Morgan fingerprint density at radius 2 is 1.55 bits per heavy atom. The summed E-state index contributed by atoms with van der Waals surface area (Å²) in [6, 6.07) is 13.4. The summed E-state index contributed by atoms with van der Waals surface area (Å²) in [5.74, 6) is 0.139. The van der Waals surface area contributed by atoms with Crippen LogP contribution in [-0.4, -0.2) is 73.9 Å². The average Bonchev–Trinajstić information content (AvgIpc) is 2.85. The first-order chi connectivity index (χ1) is 15.9. The zero-order valence-corrected chi connectivity index (χ0v) is 19.8. The number of anilines is 2. The lowest BCUT2D eigenvalue weighted by Crippen LogP contribution is -2.52. The minimum Gasteiger partial charge on any atom is -0.506 e. The molecule has 9 heteroatoms. The van der Waals surface area contributed by atoms with Gasteiger partial charge in [0.1, 0.15) is 5.75 Å². The van der Waals surface area contributed by atoms with Crippen LogP contribution in [0.1, 0.15) is 26.2 Å². The van der Waals surface area contributed by atoms with Gasteiger partial charge in [0.2, 0.25) is 15.9 Å². The number of hydrogen-bond donors (Lipinski definition) is 2. The predicted octanol–water partition coefficient (Wildman–Crippen LogP) is 2.72. The van der Waals surface area contributed by atoms with E-state index in [2.05, 4.69) is 15.1 Å². The monoisotopic (exact) mass is 472 g/mol. The molecule has 0 bridgehead atoms. The normalized spacial score (nSPS) is 19.2. The third-order valence-corrected chi connectivity index (χ3v) is 8.45. The Morgan fingerprint density at radius 3 is 2.18 bits per heavy atom. The van der Waals surface area contributed by atoms with Crippen molar-refractivity contribution in [2.45, 2.75) is 37.1 Å². The van der Waals surface area contributed by atoms with Gasteiger partial charge in [0.25, 0.3) is 0 Å². The van der Waals surface area contributed by atoms with Crippen molar-refractivity contribution in [3.05, 3.63) is 48.5 Å². The predicted molar refractivity (Wildman–Crippen MR) is 129 cm³/mol. The van der Waals surface area contributed by atoms with Crippen LogP contribution in [0, 0.1) is 0 Å². The molecular formula is C24H32N4O4S. The highest BCUT2D eigenvalue weighted by molar-refractivity contribution is 7.89. The molecule has 0 saturated carbocycles. The van der Waals surface area contributed by atoms with Gasteiger partial charge in [-0.1, -0.05) is 18.6 Å². The van der Waals surface area contributed by atoms with E-state index in [9.17, 15) is 18.3 Å². The Hall–Kier alpha value is -2.62. The van der Waals surface area contributed by atoms with Crippen molar-refractivity contribution in [3.8, 4) is 5.75 Å². The third-order valence-electron chi connectivity index (χ3n) is 6.54. The Labute approximate surface area is 195 Å². The molecular weight excluding hydrogens is 440 g/mol. The number of sulfonamides is 1. The number of benzene rings is 2. The summed E-state index contributed by atoms with van der Waals surface area (Å²) in [5.41, 5.74) is 1.39. The lowest BCUT2D eigenvalue weighted by molar-refractivity contribution is -0.120. The molecule has 0 aromatic heterocycles. The van der Waals surface area contributed by atoms with E-state index in [1.54, 1.807) is 40.7 Å². The molecule has 1 atom stereocenters. The second-order valence-corrected chi connectivity index (χ2v) is 10.6. The van der Waals surface area contributed by atoms with Crippen LogP contribution >= 0.6 is 0 Å². The number of piperazine rings is 1. The number of nitrogens with one attached hydrogen (secondary N) is 1. The summed E-state index contributed by atoms with van der Waals surface area (Å²) < 4.78 is 27.1. The van der Waals surface area contributed by atoms with Gasteiger partial charge in [-0.3, -0.25) is 9.69 Å². The SMILES string of the molecule is CC(C(=O)Nc1ccc(S(=O)(=O)N2CCCCC2)cc1)N1CCN(c2ccccc2O)CC1. The van der Waals surface area contributed by atoms with Crippen molar-refractivity contribution in [1.82, 2.24) is 9.21 Å². The fraction of sp³-hybridized carbons (Fsp3) is 0.458. The maximum absolute atomic E-state index is 12.8. The van der Waals surface area contributed by atoms with Crippen molar-refractivity contribution in [2.24, 2.45) is 0 Å². The maximum Gasteiger partial charge on any atom is 0.243 e. The van der Waals surface area contributed by atoms with Crippen LogP contribution < -0.4 is 10.2 Å². The topological polar surface area (TPSA) is 93.2 Å². The molecule has 2 N–H and O–H groups in total. The van der Waals surface area contributed by atoms with Crippen LogP contribution in [-0.2, 0) is 14.8 Å². The molecule has 0 spiro atoms. The van der Waals surface area contributed by atoms with E-state index in [1.807, 2.05) is 19.1 Å². The molecule has 2 aliphatic rings. The van der Waals surface area contributed by atoms with E-state index in [-0.39, 0.29) is 22.6 Å². The van der Waals surface area contributed by atoms with Crippen LogP contribution in [0.3, 0.4) is 0 Å². The Kier molecular flexibility index (Phi) is 7.21. The molecule has 4 rings (SSSR count). The largest absolute Gasteiger partial charge is 0.506 e. The molecule has 33 heavy (non-hydrogen) atoms. The Morgan fingerprint density at radius 1 is 0.909 bits per heavy atom. The lowest BCUT2D eigenvalue weighted by Gasteiger charge is -2.38. The second kappa shape index (κ2) is 10.1. The number of phenols is 1. The lowest BCUT2D eigenvalue weighted by atomic mass is 10.2. The molecule has 8 nitrogen and oxygen atoms in total. The van der Waals surface area contributed by atoms with Crippen molar-refractivity contribution >= 4 is 27.3 Å². The number of phenolic OH excluding ortho intramolecular Hbond substituents is 1. The van der Waals surface area contributed by atoms with Gasteiger partial charge in [-0.05, 0) is 56.2 Å². The van der Waals surface area contributed by atoms with Gasteiger partial charge in [0.15, 0.2) is 0 Å². The molecule has 0 radical (unpaired) electrons. The molecule has 2 aromatic rings. The molecule has 2 fully saturated rings. The fourth-order valence-electron chi connectivity index (χ4n) is 4.46. The highest BCUT2D eigenvalue weighted by Gasteiger charge is 2.28. The molecule has 2 aromatic carbocycles. The summed E-state index contributed by atoms with van der Waals surface area (Å²) >= 11 is 0. The van der Waals surface area contributed by atoms with Gasteiger partial charge < -0.3 is 15.3 Å². The van der Waals surface area contributed by atoms with Gasteiger partial charge in [-0.15, -0.1) is 0 Å². The first kappa shape index (κ1) is 23.5. The molecule has 2 saturated heterocycles. The minimum absolute atomic E-state index is 0.127. The van der Waals surface area contributed by atoms with Gasteiger partial charge in [-0.25, -0.2) is 8.42 Å². The third kappa shape index (κ3) is 5.31. The number of hydrogen-bond acceptors (Lipinski definition) is 6. The quantitative estimate of drug-likeness (QED) is 0.672. The molecule has 2 aliphatic heterocycles. The number of nitrogens with zero attached hydrogens (tertiary/aromatic N) is 3. The van der Waals surface area contributed by atoms with Gasteiger partial charge >= 0.3 is 0 Å². The molecule has 0 aliphatic carbocycles. The van der Waals surface area contributed by atoms with Crippen LogP contribution in [0.2, 0.25) is 0 Å². The zero-order valence-electron chi connectivity index (χ0n) is 19.0. The number of aromatic hydroxyl groups is 1. The number of piperidine rings is 1. The standard InChI is InChI=1S/C24H32N4O4S/c1-19(26-15-17-27(18-16-26)22-7-3-4-8-23(22)29)24(30)25-20-9-11-21(12-10-20)33(31,32)28-13-5-2-6-14-28/h3-4,7-12,19,29H,2,5-6,13-18H2,1H3,(H,25,30). The smallest absolute Gasteiger partial charge is 0.243 e. The number of para-hydroxylation sites is 2. The van der Waals surface area contributed by atoms with Gasteiger partial charge in [0, 0.05) is 45.0 Å². The van der Waals surface area contributed by atoms with Crippen LogP contribution in [0.25, 0.3) is 0 Å². The minimum atomic E-state index is -3.48. The summed E-state index contributed by atoms with van der Waals surface area (Å²) in [6.07, 6.45) is 2.86. The van der Waals surface area contributed by atoms with Crippen LogP contribution in [0.15, 0.2) is 53.4 Å². The first-order valence-corrected chi connectivity index (χ1v) is 13.0. The summed E-state index contributed by atoms with van der Waals surface area (Å²) in [4.78, 5) is 17.3. The molecule has 1 amide bonds. The van der Waals surface area contributed by atoms with E-state index in [4.69, 9.17) is 0 Å². The van der Waals surface area contributed by atoms with E-state index in [1.165, 1.54) is 0 Å². The van der Waals surface area contributed by atoms with E-state index < -0.39 is 10.0 Å². The second-order valence-electron chi connectivity index (χ2n) is 8.67.